The predicted octanol–water partition coefficient (Wildman–Crippen LogP) is 3.25. The number of hydrogen-bond acceptors (Lipinski definition) is 3. The third-order valence-electron chi connectivity index (χ3n) is 5.19. The molecule has 1 aromatic carbocycles. The molecule has 0 spiro atoms. The van der Waals surface area contributed by atoms with E-state index in [4.69, 9.17) is 0 Å². The van der Waals surface area contributed by atoms with Crippen LogP contribution in [0.25, 0.3) is 5.52 Å². The third-order valence-corrected chi connectivity index (χ3v) is 5.19. The molecule has 2 amide bonds. The van der Waals surface area contributed by atoms with E-state index in [2.05, 4.69) is 15.6 Å². The van der Waals surface area contributed by atoms with Gasteiger partial charge in [0.1, 0.15) is 0 Å². The molecule has 0 saturated heterocycles. The first kappa shape index (κ1) is 18.2. The Kier molecular flexibility index (Phi) is 5.10. The highest BCUT2D eigenvalue weighted by Gasteiger charge is 2.24. The van der Waals surface area contributed by atoms with E-state index in [0.717, 1.165) is 36.8 Å². The minimum absolute atomic E-state index is 0.196. The van der Waals surface area contributed by atoms with Gasteiger partial charge in [0.25, 0.3) is 11.8 Å². The van der Waals surface area contributed by atoms with Crippen molar-refractivity contribution in [3.05, 3.63) is 71.3 Å². The molecule has 6 heteroatoms. The van der Waals surface area contributed by atoms with Crippen LogP contribution < -0.4 is 10.6 Å². The number of imidazole rings is 1. The van der Waals surface area contributed by atoms with Gasteiger partial charge in [0.15, 0.2) is 5.69 Å². The molecule has 0 radical (unpaired) electrons. The van der Waals surface area contributed by atoms with Crippen LogP contribution in [0.3, 0.4) is 0 Å². The summed E-state index contributed by atoms with van der Waals surface area (Å²) >= 11 is 0. The van der Waals surface area contributed by atoms with Crippen molar-refractivity contribution in [1.29, 1.82) is 0 Å². The summed E-state index contributed by atoms with van der Waals surface area (Å²) in [7, 11) is 0. The number of aromatic nitrogens is 2. The van der Waals surface area contributed by atoms with Gasteiger partial charge < -0.3 is 10.6 Å². The molecule has 2 heterocycles. The van der Waals surface area contributed by atoms with Crippen molar-refractivity contribution in [3.8, 4) is 0 Å². The fraction of sp³-hybridized carbons (Fsp3) is 0.318. The molecule has 2 aromatic heterocycles. The maximum atomic E-state index is 12.8. The van der Waals surface area contributed by atoms with E-state index < -0.39 is 0 Å². The zero-order valence-corrected chi connectivity index (χ0v) is 15.9. The standard InChI is InChI=1S/C22H24N4O2/c1-15-7-6-8-16(13-15)14-23-21(27)19-18-11-4-5-12-26(18)20(25-19)22(28)24-17-9-2-3-10-17/h4-8,11-13,17H,2-3,9-10,14H2,1H3,(H,23,27)(H,24,28). The molecule has 28 heavy (non-hydrogen) atoms. The van der Waals surface area contributed by atoms with E-state index in [-0.39, 0.29) is 29.4 Å². The number of aryl methyl sites for hydroxylation is 1. The summed E-state index contributed by atoms with van der Waals surface area (Å²) in [5, 5.41) is 5.96. The Bertz CT molecular complexity index is 1020. The van der Waals surface area contributed by atoms with Gasteiger partial charge in [0.05, 0.1) is 5.52 Å². The molecule has 0 atom stereocenters. The Morgan fingerprint density at radius 3 is 2.71 bits per heavy atom. The van der Waals surface area contributed by atoms with Crippen LogP contribution in [0, 0.1) is 6.92 Å². The summed E-state index contributed by atoms with van der Waals surface area (Å²) in [6.07, 6.45) is 6.04. The van der Waals surface area contributed by atoms with Gasteiger partial charge in [-0.05, 0) is 37.5 Å². The Balaban J connectivity index is 1.56. The van der Waals surface area contributed by atoms with Crippen molar-refractivity contribution < 1.29 is 9.59 Å². The highest BCUT2D eigenvalue weighted by atomic mass is 16.2. The van der Waals surface area contributed by atoms with Gasteiger partial charge in [-0.1, -0.05) is 48.7 Å². The molecule has 3 aromatic rings. The average Bonchev–Trinajstić information content (AvgIpc) is 3.34. The topological polar surface area (TPSA) is 75.5 Å². The maximum absolute atomic E-state index is 12.8. The maximum Gasteiger partial charge on any atom is 0.287 e. The van der Waals surface area contributed by atoms with Crippen molar-refractivity contribution in [2.45, 2.75) is 45.2 Å². The summed E-state index contributed by atoms with van der Waals surface area (Å²) in [5.41, 5.74) is 3.06. The van der Waals surface area contributed by atoms with E-state index in [0.29, 0.717) is 12.1 Å². The van der Waals surface area contributed by atoms with Crippen molar-refractivity contribution in [3.63, 3.8) is 0 Å². The second kappa shape index (κ2) is 7.84. The lowest BCUT2D eigenvalue weighted by Crippen LogP contribution is -2.34. The molecular weight excluding hydrogens is 352 g/mol. The molecule has 1 saturated carbocycles. The first-order valence-corrected chi connectivity index (χ1v) is 9.73. The largest absolute Gasteiger partial charge is 0.347 e. The van der Waals surface area contributed by atoms with Gasteiger partial charge in [0, 0.05) is 18.8 Å². The van der Waals surface area contributed by atoms with Crippen molar-refractivity contribution in [2.75, 3.05) is 0 Å². The summed E-state index contributed by atoms with van der Waals surface area (Å²) in [6, 6.07) is 13.7. The Morgan fingerprint density at radius 2 is 1.93 bits per heavy atom. The van der Waals surface area contributed by atoms with E-state index in [9.17, 15) is 9.59 Å². The van der Waals surface area contributed by atoms with E-state index in [1.807, 2.05) is 43.3 Å². The van der Waals surface area contributed by atoms with Crippen molar-refractivity contribution in [2.24, 2.45) is 0 Å². The summed E-state index contributed by atoms with van der Waals surface area (Å²) in [5.74, 6) is -0.265. The quantitative estimate of drug-likeness (QED) is 0.718. The summed E-state index contributed by atoms with van der Waals surface area (Å²) < 4.78 is 1.69. The van der Waals surface area contributed by atoms with Crippen LogP contribution in [0.1, 0.15) is 57.9 Å². The zero-order chi connectivity index (χ0) is 19.5. The van der Waals surface area contributed by atoms with Crippen molar-refractivity contribution in [1.82, 2.24) is 20.0 Å². The first-order chi connectivity index (χ1) is 13.6. The number of rotatable bonds is 5. The van der Waals surface area contributed by atoms with Crippen LogP contribution >= 0.6 is 0 Å². The summed E-state index contributed by atoms with van der Waals surface area (Å²) in [4.78, 5) is 29.9. The highest BCUT2D eigenvalue weighted by molar-refractivity contribution is 6.02. The number of pyridine rings is 1. The lowest BCUT2D eigenvalue weighted by molar-refractivity contribution is 0.0926. The van der Waals surface area contributed by atoms with E-state index >= 15 is 0 Å². The first-order valence-electron chi connectivity index (χ1n) is 9.73. The third kappa shape index (κ3) is 3.76. The van der Waals surface area contributed by atoms with Crippen LogP contribution in [0.5, 0.6) is 0 Å². The number of carbonyl (C=O) groups excluding carboxylic acids is 2. The van der Waals surface area contributed by atoms with Crippen LogP contribution in [0.4, 0.5) is 0 Å². The molecule has 0 unspecified atom stereocenters. The molecule has 0 bridgehead atoms. The average molecular weight is 376 g/mol. The lowest BCUT2D eigenvalue weighted by Gasteiger charge is -2.10. The summed E-state index contributed by atoms with van der Waals surface area (Å²) in [6.45, 7) is 2.43. The van der Waals surface area contributed by atoms with E-state index in [1.165, 1.54) is 0 Å². The number of nitrogens with one attached hydrogen (secondary N) is 2. The van der Waals surface area contributed by atoms with Gasteiger partial charge in [0.2, 0.25) is 5.82 Å². The molecule has 2 N–H and O–H groups in total. The van der Waals surface area contributed by atoms with Gasteiger partial charge in [-0.25, -0.2) is 4.98 Å². The molecule has 0 aliphatic heterocycles. The second-order valence-electron chi connectivity index (χ2n) is 7.37. The fourth-order valence-electron chi connectivity index (χ4n) is 3.77. The van der Waals surface area contributed by atoms with Crippen LogP contribution in [0.2, 0.25) is 0 Å². The molecule has 144 valence electrons. The second-order valence-corrected chi connectivity index (χ2v) is 7.37. The number of amides is 2. The number of nitrogens with zero attached hydrogens (tertiary/aromatic N) is 2. The van der Waals surface area contributed by atoms with Crippen LogP contribution in [-0.4, -0.2) is 27.2 Å². The Morgan fingerprint density at radius 1 is 1.11 bits per heavy atom. The predicted molar refractivity (Wildman–Crippen MR) is 107 cm³/mol. The molecule has 4 rings (SSSR count). The number of carbonyl (C=O) groups is 2. The number of benzene rings is 1. The minimum atomic E-state index is -0.287. The van der Waals surface area contributed by atoms with E-state index in [1.54, 1.807) is 16.7 Å². The number of fused-ring (bicyclic) bond motifs is 1. The van der Waals surface area contributed by atoms with Gasteiger partial charge in [-0.2, -0.15) is 0 Å². The lowest BCUT2D eigenvalue weighted by atomic mass is 10.1. The highest BCUT2D eigenvalue weighted by Crippen LogP contribution is 2.19. The minimum Gasteiger partial charge on any atom is -0.347 e. The van der Waals surface area contributed by atoms with Gasteiger partial charge >= 0.3 is 0 Å². The molecule has 1 aliphatic carbocycles. The fourth-order valence-corrected chi connectivity index (χ4v) is 3.77. The molecule has 1 fully saturated rings. The molecular formula is C22H24N4O2. The molecule has 1 aliphatic rings. The zero-order valence-electron chi connectivity index (χ0n) is 15.9. The number of hydrogen-bond donors (Lipinski definition) is 2. The normalized spacial score (nSPS) is 14.3. The SMILES string of the molecule is Cc1cccc(CNC(=O)c2nc(C(=O)NC3CCCC3)n3ccccc23)c1. The van der Waals surface area contributed by atoms with Crippen molar-refractivity contribution >= 4 is 17.3 Å². The molecule has 6 nitrogen and oxygen atoms in total. The van der Waals surface area contributed by atoms with Gasteiger partial charge in [-0.15, -0.1) is 0 Å². The van der Waals surface area contributed by atoms with Gasteiger partial charge in [-0.3, -0.25) is 14.0 Å². The van der Waals surface area contributed by atoms with Crippen LogP contribution in [0.15, 0.2) is 48.7 Å². The Labute approximate surface area is 164 Å². The monoisotopic (exact) mass is 376 g/mol. The van der Waals surface area contributed by atoms with Crippen LogP contribution in [-0.2, 0) is 6.54 Å². The smallest absolute Gasteiger partial charge is 0.287 e. The Hall–Kier alpha value is -3.15.